The van der Waals surface area contributed by atoms with E-state index in [0.717, 1.165) is 6.07 Å². The summed E-state index contributed by atoms with van der Waals surface area (Å²) in [6, 6.07) is 6.37. The van der Waals surface area contributed by atoms with Gasteiger partial charge in [-0.25, -0.2) is 13.2 Å². The van der Waals surface area contributed by atoms with E-state index < -0.39 is 28.8 Å². The molecule has 18 heavy (non-hydrogen) atoms. The molecule has 0 aliphatic heterocycles. The number of aromatic hydroxyl groups is 1. The Morgan fingerprint density at radius 1 is 1.00 bits per heavy atom. The van der Waals surface area contributed by atoms with Crippen LogP contribution in [0.3, 0.4) is 0 Å². The highest BCUT2D eigenvalue weighted by atomic mass is 19.1. The second-order valence-corrected chi connectivity index (χ2v) is 3.59. The van der Waals surface area contributed by atoms with Gasteiger partial charge in [-0.1, -0.05) is 6.07 Å². The minimum atomic E-state index is -1.07. The molecule has 0 aromatic heterocycles. The van der Waals surface area contributed by atoms with E-state index in [1.807, 2.05) is 0 Å². The summed E-state index contributed by atoms with van der Waals surface area (Å²) >= 11 is 0. The van der Waals surface area contributed by atoms with Crippen molar-refractivity contribution in [3.8, 4) is 22.9 Å². The summed E-state index contributed by atoms with van der Waals surface area (Å²) in [5.41, 5.74) is -0.431. The molecule has 0 saturated carbocycles. The van der Waals surface area contributed by atoms with Crippen LogP contribution in [0.2, 0.25) is 0 Å². The molecular formula is C13H6F3NO. The molecule has 2 rings (SSSR count). The lowest BCUT2D eigenvalue weighted by Gasteiger charge is -2.06. The lowest BCUT2D eigenvalue weighted by molar-refractivity contribution is 0.473. The molecule has 0 unspecified atom stereocenters. The first-order chi connectivity index (χ1) is 8.52. The molecule has 2 aromatic carbocycles. The Bertz CT molecular complexity index is 639. The Morgan fingerprint density at radius 2 is 1.61 bits per heavy atom. The van der Waals surface area contributed by atoms with Crippen molar-refractivity contribution in [1.29, 1.82) is 5.26 Å². The van der Waals surface area contributed by atoms with Gasteiger partial charge in [0.1, 0.15) is 29.3 Å². The van der Waals surface area contributed by atoms with Crippen molar-refractivity contribution in [3.05, 3.63) is 53.3 Å². The van der Waals surface area contributed by atoms with Gasteiger partial charge in [0.15, 0.2) is 0 Å². The summed E-state index contributed by atoms with van der Waals surface area (Å²) in [6.07, 6.45) is 0. The Balaban J connectivity index is 2.63. The van der Waals surface area contributed by atoms with Gasteiger partial charge in [0.05, 0.1) is 11.1 Å². The van der Waals surface area contributed by atoms with Crippen molar-refractivity contribution < 1.29 is 18.3 Å². The summed E-state index contributed by atoms with van der Waals surface area (Å²) in [5.74, 6) is -3.56. The zero-order valence-electron chi connectivity index (χ0n) is 8.92. The fraction of sp³-hybridized carbons (Fsp3) is 0. The van der Waals surface area contributed by atoms with Crippen molar-refractivity contribution in [1.82, 2.24) is 0 Å². The minimum absolute atomic E-state index is 0.0123. The van der Waals surface area contributed by atoms with E-state index in [1.54, 1.807) is 6.07 Å². The molecule has 0 saturated heterocycles. The van der Waals surface area contributed by atoms with E-state index >= 15 is 0 Å². The summed E-state index contributed by atoms with van der Waals surface area (Å²) in [5, 5.41) is 18.1. The van der Waals surface area contributed by atoms with Crippen LogP contribution in [-0.2, 0) is 0 Å². The van der Waals surface area contributed by atoms with Gasteiger partial charge >= 0.3 is 0 Å². The van der Waals surface area contributed by atoms with Gasteiger partial charge in [-0.05, 0) is 17.7 Å². The number of benzene rings is 2. The average Bonchev–Trinajstić information content (AvgIpc) is 2.27. The third-order valence-electron chi connectivity index (χ3n) is 2.41. The summed E-state index contributed by atoms with van der Waals surface area (Å²) < 4.78 is 39.7. The van der Waals surface area contributed by atoms with E-state index in [1.165, 1.54) is 12.1 Å². The van der Waals surface area contributed by atoms with E-state index in [9.17, 15) is 18.3 Å². The number of hydrogen-bond donors (Lipinski definition) is 1. The number of nitrogens with zero attached hydrogens (tertiary/aromatic N) is 1. The van der Waals surface area contributed by atoms with Crippen LogP contribution in [0.1, 0.15) is 5.56 Å². The molecule has 0 radical (unpaired) electrons. The molecule has 0 bridgehead atoms. The monoisotopic (exact) mass is 249 g/mol. The third-order valence-corrected chi connectivity index (χ3v) is 2.41. The SMILES string of the molecule is N#Cc1ccc(-c2c(F)cc(F)cc2F)cc1O. The normalized spacial score (nSPS) is 10.1. The van der Waals surface area contributed by atoms with Crippen LogP contribution in [0.25, 0.3) is 11.1 Å². The molecule has 5 heteroatoms. The van der Waals surface area contributed by atoms with Gasteiger partial charge in [0.25, 0.3) is 0 Å². The molecule has 0 atom stereocenters. The molecule has 0 amide bonds. The van der Waals surface area contributed by atoms with Crippen LogP contribution < -0.4 is 0 Å². The third kappa shape index (κ3) is 2.00. The fourth-order valence-electron chi connectivity index (χ4n) is 1.60. The molecule has 90 valence electrons. The maximum atomic E-state index is 13.5. The van der Waals surface area contributed by atoms with Crippen LogP contribution >= 0.6 is 0 Å². The molecule has 0 fully saturated rings. The molecule has 0 spiro atoms. The second kappa shape index (κ2) is 4.41. The van der Waals surface area contributed by atoms with E-state index in [0.29, 0.717) is 12.1 Å². The van der Waals surface area contributed by atoms with Gasteiger partial charge in [-0.15, -0.1) is 0 Å². The Kier molecular flexibility index (Phi) is 2.94. The number of nitriles is 1. The Hall–Kier alpha value is -2.48. The van der Waals surface area contributed by atoms with Crippen molar-refractivity contribution >= 4 is 0 Å². The predicted molar refractivity (Wildman–Crippen MR) is 58.1 cm³/mol. The molecule has 0 aliphatic rings. The molecule has 1 N–H and O–H groups in total. The Labute approximate surface area is 101 Å². The van der Waals surface area contributed by atoms with Crippen molar-refractivity contribution in [2.75, 3.05) is 0 Å². The zero-order valence-corrected chi connectivity index (χ0v) is 8.92. The van der Waals surface area contributed by atoms with Crippen molar-refractivity contribution in [2.45, 2.75) is 0 Å². The van der Waals surface area contributed by atoms with E-state index in [-0.39, 0.29) is 11.1 Å². The Morgan fingerprint density at radius 3 is 2.11 bits per heavy atom. The molecule has 2 nitrogen and oxygen atoms in total. The first kappa shape index (κ1) is 12.0. The van der Waals surface area contributed by atoms with Crippen LogP contribution in [-0.4, -0.2) is 5.11 Å². The van der Waals surface area contributed by atoms with E-state index in [4.69, 9.17) is 5.26 Å². The highest BCUT2D eigenvalue weighted by Crippen LogP contribution is 2.30. The quantitative estimate of drug-likeness (QED) is 0.842. The summed E-state index contributed by atoms with van der Waals surface area (Å²) in [7, 11) is 0. The van der Waals surface area contributed by atoms with Gasteiger partial charge in [-0.2, -0.15) is 5.26 Å². The van der Waals surface area contributed by atoms with E-state index in [2.05, 4.69) is 0 Å². The van der Waals surface area contributed by atoms with Gasteiger partial charge in [0, 0.05) is 12.1 Å². The first-order valence-corrected chi connectivity index (χ1v) is 4.91. The first-order valence-electron chi connectivity index (χ1n) is 4.91. The van der Waals surface area contributed by atoms with Crippen LogP contribution in [0.15, 0.2) is 30.3 Å². The van der Waals surface area contributed by atoms with Gasteiger partial charge in [0.2, 0.25) is 0 Å². The van der Waals surface area contributed by atoms with Crippen LogP contribution in [0.4, 0.5) is 13.2 Å². The van der Waals surface area contributed by atoms with Crippen LogP contribution in [0, 0.1) is 28.8 Å². The predicted octanol–water partition coefficient (Wildman–Crippen LogP) is 3.35. The number of rotatable bonds is 1. The fourth-order valence-corrected chi connectivity index (χ4v) is 1.60. The van der Waals surface area contributed by atoms with Crippen molar-refractivity contribution in [3.63, 3.8) is 0 Å². The number of halogens is 3. The standard InChI is InChI=1S/C13H6F3NO/c14-9-4-10(15)13(11(16)5-9)7-1-2-8(6-17)12(18)3-7/h1-5,18H. The lowest BCUT2D eigenvalue weighted by Crippen LogP contribution is -1.92. The second-order valence-electron chi connectivity index (χ2n) is 3.59. The van der Waals surface area contributed by atoms with Crippen molar-refractivity contribution in [2.24, 2.45) is 0 Å². The summed E-state index contributed by atoms with van der Waals surface area (Å²) in [4.78, 5) is 0. The number of phenolic OH excluding ortho intramolecular Hbond substituents is 1. The molecule has 0 aliphatic carbocycles. The van der Waals surface area contributed by atoms with Gasteiger partial charge < -0.3 is 5.11 Å². The molecular weight excluding hydrogens is 243 g/mol. The minimum Gasteiger partial charge on any atom is -0.507 e. The number of phenols is 1. The highest BCUT2D eigenvalue weighted by Gasteiger charge is 2.14. The van der Waals surface area contributed by atoms with Crippen LogP contribution in [0.5, 0.6) is 5.75 Å². The zero-order chi connectivity index (χ0) is 13.3. The lowest BCUT2D eigenvalue weighted by atomic mass is 10.0. The topological polar surface area (TPSA) is 44.0 Å². The average molecular weight is 249 g/mol. The maximum Gasteiger partial charge on any atom is 0.136 e. The smallest absolute Gasteiger partial charge is 0.136 e. The molecule has 0 heterocycles. The summed E-state index contributed by atoms with van der Waals surface area (Å²) in [6.45, 7) is 0. The largest absolute Gasteiger partial charge is 0.507 e. The number of hydrogen-bond acceptors (Lipinski definition) is 2. The molecule has 2 aromatic rings. The highest BCUT2D eigenvalue weighted by molar-refractivity contribution is 5.68. The van der Waals surface area contributed by atoms with Gasteiger partial charge in [-0.3, -0.25) is 0 Å². The maximum absolute atomic E-state index is 13.5.